The van der Waals surface area contributed by atoms with E-state index in [1.807, 2.05) is 0 Å². The van der Waals surface area contributed by atoms with Gasteiger partial charge >= 0.3 is 5.97 Å². The van der Waals surface area contributed by atoms with Gasteiger partial charge in [-0.25, -0.2) is 0 Å². The second-order valence-corrected chi connectivity index (χ2v) is 4.37. The van der Waals surface area contributed by atoms with Crippen LogP contribution in [-0.4, -0.2) is 40.0 Å². The summed E-state index contributed by atoms with van der Waals surface area (Å²) in [5, 5.41) is 9.29. The molecule has 0 saturated carbocycles. The van der Waals surface area contributed by atoms with E-state index in [0.29, 0.717) is 18.0 Å². The number of likely N-dealkylation sites (tertiary alicyclic amines) is 1. The van der Waals surface area contributed by atoms with Gasteiger partial charge in [0.2, 0.25) is 0 Å². The fourth-order valence-electron chi connectivity index (χ4n) is 1.83. The van der Waals surface area contributed by atoms with E-state index in [4.69, 9.17) is 16.7 Å². The molecule has 1 aromatic heterocycles. The molecule has 1 aliphatic rings. The minimum Gasteiger partial charge on any atom is -0.481 e. The molecule has 0 spiro atoms. The SMILES string of the molecule is O=C(O)C1CCN(C(=O)c2cc(Cl)ccn2)C1. The number of carbonyl (C=O) groups excluding carboxylic acids is 1. The molecule has 0 aromatic carbocycles. The van der Waals surface area contributed by atoms with E-state index in [-0.39, 0.29) is 18.1 Å². The summed E-state index contributed by atoms with van der Waals surface area (Å²) in [4.78, 5) is 28.2. The topological polar surface area (TPSA) is 70.5 Å². The number of rotatable bonds is 2. The Morgan fingerprint density at radius 1 is 1.53 bits per heavy atom. The standard InChI is InChI=1S/C11H11ClN2O3/c12-8-1-3-13-9(5-8)10(15)14-4-2-7(6-14)11(16)17/h1,3,5,7H,2,4,6H2,(H,16,17). The van der Waals surface area contributed by atoms with E-state index in [9.17, 15) is 9.59 Å². The number of pyridine rings is 1. The zero-order chi connectivity index (χ0) is 12.4. The maximum absolute atomic E-state index is 12.0. The van der Waals surface area contributed by atoms with E-state index in [1.54, 1.807) is 6.07 Å². The molecular formula is C11H11ClN2O3. The monoisotopic (exact) mass is 254 g/mol. The summed E-state index contributed by atoms with van der Waals surface area (Å²) in [6.45, 7) is 0.687. The Bertz CT molecular complexity index is 464. The highest BCUT2D eigenvalue weighted by molar-refractivity contribution is 6.30. The van der Waals surface area contributed by atoms with Gasteiger partial charge in [-0.15, -0.1) is 0 Å². The average Bonchev–Trinajstić information content (AvgIpc) is 2.77. The van der Waals surface area contributed by atoms with Crippen molar-refractivity contribution in [1.29, 1.82) is 0 Å². The van der Waals surface area contributed by atoms with E-state index >= 15 is 0 Å². The highest BCUT2D eigenvalue weighted by Crippen LogP contribution is 2.19. The van der Waals surface area contributed by atoms with Crippen molar-refractivity contribution in [3.8, 4) is 0 Å². The van der Waals surface area contributed by atoms with Crippen LogP contribution in [0, 0.1) is 5.92 Å². The molecule has 1 N–H and O–H groups in total. The predicted molar refractivity (Wildman–Crippen MR) is 60.9 cm³/mol. The summed E-state index contributed by atoms with van der Waals surface area (Å²) in [5.41, 5.74) is 0.253. The molecule has 1 aliphatic heterocycles. The number of carbonyl (C=O) groups is 2. The summed E-state index contributed by atoms with van der Waals surface area (Å²) in [6.07, 6.45) is 1.95. The summed E-state index contributed by atoms with van der Waals surface area (Å²) in [7, 11) is 0. The van der Waals surface area contributed by atoms with Crippen LogP contribution >= 0.6 is 11.6 Å². The van der Waals surface area contributed by atoms with Crippen molar-refractivity contribution in [3.05, 3.63) is 29.0 Å². The Labute approximate surface area is 103 Å². The van der Waals surface area contributed by atoms with Crippen molar-refractivity contribution in [1.82, 2.24) is 9.88 Å². The lowest BCUT2D eigenvalue weighted by atomic mass is 10.1. The second-order valence-electron chi connectivity index (χ2n) is 3.93. The number of aromatic nitrogens is 1. The molecule has 1 unspecified atom stereocenters. The fraction of sp³-hybridized carbons (Fsp3) is 0.364. The molecule has 5 nitrogen and oxygen atoms in total. The van der Waals surface area contributed by atoms with Crippen molar-refractivity contribution >= 4 is 23.5 Å². The molecule has 2 rings (SSSR count). The maximum Gasteiger partial charge on any atom is 0.308 e. The fourth-order valence-corrected chi connectivity index (χ4v) is 1.99. The molecule has 0 bridgehead atoms. The zero-order valence-corrected chi connectivity index (χ0v) is 9.72. The van der Waals surface area contributed by atoms with Gasteiger partial charge in [0.25, 0.3) is 5.91 Å². The third-order valence-electron chi connectivity index (χ3n) is 2.77. The summed E-state index contributed by atoms with van der Waals surface area (Å²) >= 11 is 5.77. The lowest BCUT2D eigenvalue weighted by Gasteiger charge is -2.14. The smallest absolute Gasteiger partial charge is 0.308 e. The minimum atomic E-state index is -0.862. The van der Waals surface area contributed by atoms with Gasteiger partial charge in [0.15, 0.2) is 0 Å². The van der Waals surface area contributed by atoms with E-state index < -0.39 is 11.9 Å². The maximum atomic E-state index is 12.0. The van der Waals surface area contributed by atoms with Gasteiger partial charge < -0.3 is 10.0 Å². The Hall–Kier alpha value is -1.62. The number of halogens is 1. The van der Waals surface area contributed by atoms with Crippen LogP contribution in [0.15, 0.2) is 18.3 Å². The van der Waals surface area contributed by atoms with E-state index in [2.05, 4.69) is 4.98 Å². The van der Waals surface area contributed by atoms with Gasteiger partial charge in [-0.05, 0) is 18.6 Å². The highest BCUT2D eigenvalue weighted by atomic mass is 35.5. The van der Waals surface area contributed by atoms with Gasteiger partial charge in [-0.1, -0.05) is 11.6 Å². The Morgan fingerprint density at radius 2 is 2.29 bits per heavy atom. The summed E-state index contributed by atoms with van der Waals surface area (Å²) in [6, 6.07) is 3.07. The van der Waals surface area contributed by atoms with E-state index in [0.717, 1.165) is 0 Å². The zero-order valence-electron chi connectivity index (χ0n) is 8.97. The lowest BCUT2D eigenvalue weighted by Crippen LogP contribution is -2.30. The van der Waals surface area contributed by atoms with Crippen LogP contribution in [0.2, 0.25) is 5.02 Å². The number of hydrogen-bond acceptors (Lipinski definition) is 3. The largest absolute Gasteiger partial charge is 0.481 e. The predicted octanol–water partition coefficient (Wildman–Crippen LogP) is 1.28. The summed E-state index contributed by atoms with van der Waals surface area (Å²) in [5.74, 6) is -1.60. The van der Waals surface area contributed by atoms with Crippen molar-refractivity contribution in [2.75, 3.05) is 13.1 Å². The average molecular weight is 255 g/mol. The third kappa shape index (κ3) is 2.55. The Morgan fingerprint density at radius 3 is 2.88 bits per heavy atom. The molecule has 90 valence electrons. The number of amides is 1. The van der Waals surface area contributed by atoms with Crippen molar-refractivity contribution < 1.29 is 14.7 Å². The molecule has 17 heavy (non-hydrogen) atoms. The Kier molecular flexibility index (Phi) is 3.28. The molecule has 1 aromatic rings. The first-order valence-electron chi connectivity index (χ1n) is 5.21. The van der Waals surface area contributed by atoms with Gasteiger partial charge in [0.05, 0.1) is 5.92 Å². The quantitative estimate of drug-likeness (QED) is 0.863. The molecule has 1 atom stereocenters. The first kappa shape index (κ1) is 11.9. The van der Waals surface area contributed by atoms with Crippen molar-refractivity contribution in [3.63, 3.8) is 0 Å². The van der Waals surface area contributed by atoms with Gasteiger partial charge in [-0.2, -0.15) is 0 Å². The number of carboxylic acid groups (broad SMARTS) is 1. The van der Waals surface area contributed by atoms with Crippen LogP contribution in [0.1, 0.15) is 16.9 Å². The highest BCUT2D eigenvalue weighted by Gasteiger charge is 2.31. The number of nitrogens with zero attached hydrogens (tertiary/aromatic N) is 2. The molecule has 1 amide bonds. The molecule has 1 saturated heterocycles. The van der Waals surface area contributed by atoms with Crippen molar-refractivity contribution in [2.45, 2.75) is 6.42 Å². The van der Waals surface area contributed by atoms with Crippen LogP contribution in [0.3, 0.4) is 0 Å². The number of aliphatic carboxylic acids is 1. The van der Waals surface area contributed by atoms with Crippen LogP contribution in [-0.2, 0) is 4.79 Å². The molecule has 0 radical (unpaired) electrons. The third-order valence-corrected chi connectivity index (χ3v) is 3.00. The minimum absolute atomic E-state index is 0.238. The lowest BCUT2D eigenvalue weighted by molar-refractivity contribution is -0.141. The van der Waals surface area contributed by atoms with E-state index in [1.165, 1.54) is 17.2 Å². The van der Waals surface area contributed by atoms with Crippen molar-refractivity contribution in [2.24, 2.45) is 5.92 Å². The Balaban J connectivity index is 2.09. The molecule has 6 heteroatoms. The summed E-state index contributed by atoms with van der Waals surface area (Å²) < 4.78 is 0. The van der Waals surface area contributed by atoms with Gasteiger partial charge in [0, 0.05) is 24.3 Å². The second kappa shape index (κ2) is 4.71. The van der Waals surface area contributed by atoms with Crippen LogP contribution in [0.4, 0.5) is 0 Å². The van der Waals surface area contributed by atoms with Crippen LogP contribution in [0.5, 0.6) is 0 Å². The molecule has 1 fully saturated rings. The van der Waals surface area contributed by atoms with Crippen LogP contribution < -0.4 is 0 Å². The molecular weight excluding hydrogens is 244 g/mol. The first-order chi connectivity index (χ1) is 8.08. The normalized spacial score (nSPS) is 19.4. The van der Waals surface area contributed by atoms with Gasteiger partial charge in [0.1, 0.15) is 5.69 Å². The number of carboxylic acids is 1. The molecule has 0 aliphatic carbocycles. The van der Waals surface area contributed by atoms with Gasteiger partial charge in [-0.3, -0.25) is 14.6 Å². The molecule has 2 heterocycles. The number of hydrogen-bond donors (Lipinski definition) is 1. The van der Waals surface area contributed by atoms with Crippen LogP contribution in [0.25, 0.3) is 0 Å². The first-order valence-corrected chi connectivity index (χ1v) is 5.59.